The van der Waals surface area contributed by atoms with Gasteiger partial charge >= 0.3 is 5.97 Å². The lowest BCUT2D eigenvalue weighted by Gasteiger charge is -2.32. The summed E-state index contributed by atoms with van der Waals surface area (Å²) in [7, 11) is 0. The van der Waals surface area contributed by atoms with Crippen molar-refractivity contribution in [3.8, 4) is 0 Å². The van der Waals surface area contributed by atoms with Crippen molar-refractivity contribution >= 4 is 35.1 Å². The predicted octanol–water partition coefficient (Wildman–Crippen LogP) is 3.71. The summed E-state index contributed by atoms with van der Waals surface area (Å²) in [5, 5.41) is 9.36. The van der Waals surface area contributed by atoms with E-state index in [9.17, 15) is 9.59 Å². The quantitative estimate of drug-likeness (QED) is 0.915. The van der Waals surface area contributed by atoms with Crippen LogP contribution >= 0.6 is 23.2 Å². The molecule has 21 heavy (non-hydrogen) atoms. The number of carboxylic acid groups (broad SMARTS) is 1. The van der Waals surface area contributed by atoms with Crippen molar-refractivity contribution in [1.82, 2.24) is 4.90 Å². The number of hydrogen-bond acceptors (Lipinski definition) is 2. The van der Waals surface area contributed by atoms with Crippen LogP contribution in [0.4, 0.5) is 0 Å². The Morgan fingerprint density at radius 1 is 1.24 bits per heavy atom. The van der Waals surface area contributed by atoms with E-state index in [2.05, 4.69) is 0 Å². The number of likely N-dealkylation sites (tertiary alicyclic amines) is 1. The van der Waals surface area contributed by atoms with Gasteiger partial charge in [0.05, 0.1) is 15.6 Å². The molecule has 1 aliphatic rings. The highest BCUT2D eigenvalue weighted by Crippen LogP contribution is 2.28. The molecule has 6 heteroatoms. The number of benzene rings is 1. The van der Waals surface area contributed by atoms with E-state index in [1.165, 1.54) is 0 Å². The van der Waals surface area contributed by atoms with Crippen LogP contribution in [0, 0.1) is 5.92 Å². The molecule has 1 amide bonds. The predicted molar refractivity (Wildman–Crippen MR) is 82.0 cm³/mol. The second kappa shape index (κ2) is 7.14. The van der Waals surface area contributed by atoms with Crippen molar-refractivity contribution in [3.63, 3.8) is 0 Å². The maximum Gasteiger partial charge on any atom is 0.303 e. The highest BCUT2D eigenvalue weighted by molar-refractivity contribution is 6.43. The average Bonchev–Trinajstić information content (AvgIpc) is 2.48. The van der Waals surface area contributed by atoms with E-state index < -0.39 is 5.97 Å². The van der Waals surface area contributed by atoms with Gasteiger partial charge in [-0.05, 0) is 37.3 Å². The first-order chi connectivity index (χ1) is 9.99. The molecule has 1 aromatic carbocycles. The molecule has 1 fully saturated rings. The standard InChI is InChI=1S/C15H17Cl2NO3/c16-12-3-1-2-11(14(12)17)15(21)18-8-6-10(7-9-18)4-5-13(19)20/h1-3,10H,4-9H2,(H,19,20). The number of carbonyl (C=O) groups excluding carboxylic acids is 1. The number of carbonyl (C=O) groups is 2. The van der Waals surface area contributed by atoms with Gasteiger partial charge in [-0.2, -0.15) is 0 Å². The molecular formula is C15H17Cl2NO3. The highest BCUT2D eigenvalue weighted by Gasteiger charge is 2.25. The summed E-state index contributed by atoms with van der Waals surface area (Å²) in [6, 6.07) is 5.03. The zero-order chi connectivity index (χ0) is 15.4. The monoisotopic (exact) mass is 329 g/mol. The third kappa shape index (κ3) is 4.11. The molecule has 0 bridgehead atoms. The minimum Gasteiger partial charge on any atom is -0.481 e. The summed E-state index contributed by atoms with van der Waals surface area (Å²) < 4.78 is 0. The van der Waals surface area contributed by atoms with Gasteiger partial charge in [-0.25, -0.2) is 0 Å². The first kappa shape index (κ1) is 16.1. The molecule has 0 aromatic heterocycles. The summed E-state index contributed by atoms with van der Waals surface area (Å²) in [4.78, 5) is 24.8. The Morgan fingerprint density at radius 3 is 2.52 bits per heavy atom. The zero-order valence-electron chi connectivity index (χ0n) is 11.5. The summed E-state index contributed by atoms with van der Waals surface area (Å²) in [6.07, 6.45) is 2.53. The number of piperidine rings is 1. The normalized spacial score (nSPS) is 16.0. The van der Waals surface area contributed by atoms with Gasteiger partial charge in [0.1, 0.15) is 0 Å². The molecule has 114 valence electrons. The maximum atomic E-state index is 12.4. The lowest BCUT2D eigenvalue weighted by molar-refractivity contribution is -0.137. The van der Waals surface area contributed by atoms with Crippen molar-refractivity contribution < 1.29 is 14.7 Å². The fourth-order valence-electron chi connectivity index (χ4n) is 2.59. The molecule has 1 aromatic rings. The van der Waals surface area contributed by atoms with Crippen LogP contribution in [0.25, 0.3) is 0 Å². The summed E-state index contributed by atoms with van der Waals surface area (Å²) in [5.41, 5.74) is 0.424. The van der Waals surface area contributed by atoms with Crippen molar-refractivity contribution in [2.24, 2.45) is 5.92 Å². The number of rotatable bonds is 4. The Kier molecular flexibility index (Phi) is 5.48. The molecule has 4 nitrogen and oxygen atoms in total. The Hall–Kier alpha value is -1.26. The Morgan fingerprint density at radius 2 is 1.90 bits per heavy atom. The summed E-state index contributed by atoms with van der Waals surface area (Å²) >= 11 is 12.0. The van der Waals surface area contributed by atoms with Crippen LogP contribution in [0.1, 0.15) is 36.0 Å². The number of hydrogen-bond donors (Lipinski definition) is 1. The number of amides is 1. The lowest BCUT2D eigenvalue weighted by atomic mass is 9.92. The minimum absolute atomic E-state index is 0.112. The van der Waals surface area contributed by atoms with Crippen LogP contribution in [-0.4, -0.2) is 35.0 Å². The zero-order valence-corrected chi connectivity index (χ0v) is 13.0. The highest BCUT2D eigenvalue weighted by atomic mass is 35.5. The minimum atomic E-state index is -0.765. The molecule has 1 aliphatic heterocycles. The lowest BCUT2D eigenvalue weighted by Crippen LogP contribution is -2.38. The average molecular weight is 330 g/mol. The van der Waals surface area contributed by atoms with Crippen molar-refractivity contribution in [2.75, 3.05) is 13.1 Å². The largest absolute Gasteiger partial charge is 0.481 e. The van der Waals surface area contributed by atoms with Crippen LogP contribution < -0.4 is 0 Å². The molecule has 0 radical (unpaired) electrons. The molecular weight excluding hydrogens is 313 g/mol. The van der Waals surface area contributed by atoms with Crippen LogP contribution in [0.2, 0.25) is 10.0 Å². The molecule has 2 rings (SSSR count). The maximum absolute atomic E-state index is 12.4. The number of halogens is 2. The van der Waals surface area contributed by atoms with Gasteiger partial charge in [0.2, 0.25) is 0 Å². The fraction of sp³-hybridized carbons (Fsp3) is 0.467. The molecule has 0 aliphatic carbocycles. The molecule has 0 saturated carbocycles. The smallest absolute Gasteiger partial charge is 0.303 e. The van der Waals surface area contributed by atoms with Crippen LogP contribution in [-0.2, 0) is 4.79 Å². The van der Waals surface area contributed by atoms with E-state index in [0.717, 1.165) is 12.8 Å². The van der Waals surface area contributed by atoms with Gasteiger partial charge in [0.25, 0.3) is 5.91 Å². The van der Waals surface area contributed by atoms with E-state index in [-0.39, 0.29) is 17.4 Å². The van der Waals surface area contributed by atoms with Crippen molar-refractivity contribution in [2.45, 2.75) is 25.7 Å². The van der Waals surface area contributed by atoms with Gasteiger partial charge in [0.15, 0.2) is 0 Å². The van der Waals surface area contributed by atoms with E-state index in [4.69, 9.17) is 28.3 Å². The molecule has 1 heterocycles. The molecule has 0 unspecified atom stereocenters. The van der Waals surface area contributed by atoms with Gasteiger partial charge < -0.3 is 10.0 Å². The molecule has 0 spiro atoms. The third-order valence-electron chi connectivity index (χ3n) is 3.85. The second-order valence-electron chi connectivity index (χ2n) is 5.27. The first-order valence-corrected chi connectivity index (χ1v) is 7.69. The van der Waals surface area contributed by atoms with E-state index >= 15 is 0 Å². The molecule has 0 atom stereocenters. The summed E-state index contributed by atoms with van der Waals surface area (Å²) in [5.74, 6) is -0.501. The Balaban J connectivity index is 1.94. The summed E-state index contributed by atoms with van der Waals surface area (Å²) in [6.45, 7) is 1.26. The van der Waals surface area contributed by atoms with Crippen molar-refractivity contribution in [1.29, 1.82) is 0 Å². The van der Waals surface area contributed by atoms with Gasteiger partial charge in [-0.3, -0.25) is 9.59 Å². The van der Waals surface area contributed by atoms with Gasteiger partial charge in [0, 0.05) is 19.5 Å². The van der Waals surface area contributed by atoms with E-state index in [1.54, 1.807) is 23.1 Å². The van der Waals surface area contributed by atoms with Crippen LogP contribution in [0.15, 0.2) is 18.2 Å². The number of aliphatic carboxylic acids is 1. The topological polar surface area (TPSA) is 57.6 Å². The first-order valence-electron chi connectivity index (χ1n) is 6.94. The van der Waals surface area contributed by atoms with Crippen molar-refractivity contribution in [3.05, 3.63) is 33.8 Å². The SMILES string of the molecule is O=C(O)CCC1CCN(C(=O)c2cccc(Cl)c2Cl)CC1. The second-order valence-corrected chi connectivity index (χ2v) is 6.05. The Bertz CT molecular complexity index is 540. The van der Waals surface area contributed by atoms with Gasteiger partial charge in [-0.15, -0.1) is 0 Å². The number of carboxylic acids is 1. The van der Waals surface area contributed by atoms with Gasteiger partial charge in [-0.1, -0.05) is 29.3 Å². The van der Waals surface area contributed by atoms with Crippen LogP contribution in [0.5, 0.6) is 0 Å². The van der Waals surface area contributed by atoms with E-state index in [1.807, 2.05) is 0 Å². The molecule has 1 N–H and O–H groups in total. The van der Waals surface area contributed by atoms with Crippen LogP contribution in [0.3, 0.4) is 0 Å². The third-order valence-corrected chi connectivity index (χ3v) is 4.67. The fourth-order valence-corrected chi connectivity index (χ4v) is 2.97. The molecule has 1 saturated heterocycles. The Labute approximate surface area is 133 Å². The van der Waals surface area contributed by atoms with E-state index in [0.29, 0.717) is 36.0 Å². The number of nitrogens with zero attached hydrogens (tertiary/aromatic N) is 1.